The summed E-state index contributed by atoms with van der Waals surface area (Å²) in [6.45, 7) is 3.48. The van der Waals surface area contributed by atoms with E-state index in [0.29, 0.717) is 23.3 Å². The average molecular weight is 519 g/mol. The summed E-state index contributed by atoms with van der Waals surface area (Å²) >= 11 is 3.54. The highest BCUT2D eigenvalue weighted by Gasteiger charge is 2.27. The lowest BCUT2D eigenvalue weighted by atomic mass is 9.94. The highest BCUT2D eigenvalue weighted by molar-refractivity contribution is 9.10. The van der Waals surface area contributed by atoms with Gasteiger partial charge in [-0.1, -0.05) is 19.4 Å². The molecule has 0 bridgehead atoms. The molecule has 178 valence electrons. The fraction of sp³-hybridized carbons (Fsp3) is 0.462. The van der Waals surface area contributed by atoms with Crippen LogP contribution < -0.4 is 9.47 Å². The predicted octanol–water partition coefficient (Wildman–Crippen LogP) is 5.79. The second-order valence-corrected chi connectivity index (χ2v) is 9.26. The van der Waals surface area contributed by atoms with Gasteiger partial charge >= 0.3 is 5.97 Å². The van der Waals surface area contributed by atoms with Crippen LogP contribution in [0.2, 0.25) is 0 Å². The van der Waals surface area contributed by atoms with Crippen molar-refractivity contribution in [2.45, 2.75) is 71.0 Å². The predicted molar refractivity (Wildman–Crippen MR) is 129 cm³/mol. The molecule has 7 heteroatoms. The number of esters is 1. The first kappa shape index (κ1) is 25.1. The highest BCUT2D eigenvalue weighted by atomic mass is 79.9. The Morgan fingerprint density at radius 2 is 1.76 bits per heavy atom. The maximum absolute atomic E-state index is 11.8. The van der Waals surface area contributed by atoms with Crippen LogP contribution in [-0.4, -0.2) is 36.2 Å². The first-order valence-electron chi connectivity index (χ1n) is 11.4. The van der Waals surface area contributed by atoms with Crippen molar-refractivity contribution in [2.24, 2.45) is 0 Å². The molecule has 0 aromatic heterocycles. The van der Waals surface area contributed by atoms with Crippen LogP contribution in [0.5, 0.6) is 17.2 Å². The summed E-state index contributed by atoms with van der Waals surface area (Å²) in [4.78, 5) is 23.3. The minimum atomic E-state index is -0.285. The van der Waals surface area contributed by atoms with Gasteiger partial charge in [0.05, 0.1) is 23.6 Å². The normalized spacial score (nSPS) is 17.9. The largest absolute Gasteiger partial charge is 0.507 e. The van der Waals surface area contributed by atoms with Crippen molar-refractivity contribution >= 4 is 27.7 Å². The van der Waals surface area contributed by atoms with E-state index >= 15 is 0 Å². The molecule has 0 spiro atoms. The molecule has 0 radical (unpaired) electrons. The Balaban J connectivity index is 1.68. The third-order valence-corrected chi connectivity index (χ3v) is 6.48. The van der Waals surface area contributed by atoms with Crippen molar-refractivity contribution in [1.82, 2.24) is 0 Å². The van der Waals surface area contributed by atoms with Crippen molar-refractivity contribution in [3.63, 3.8) is 0 Å². The molecule has 1 fully saturated rings. The molecule has 0 aliphatic heterocycles. The highest BCUT2D eigenvalue weighted by Crippen LogP contribution is 2.36. The number of hydrogen-bond donors (Lipinski definition) is 1. The standard InChI is InChI=1S/C26H31BrO6/c1-4-6-21-23(12-10-20(16(2)28)26(21)30)32-18-7-5-8-19(15-18)33-24-11-9-17(13-22(24)27)14-25(29)31-3/h9-13,18-19,30H,4-8,14-15H2,1-3H3/t18-,19+/m0/s1. The summed E-state index contributed by atoms with van der Waals surface area (Å²) in [7, 11) is 1.38. The average Bonchev–Trinajstić information content (AvgIpc) is 2.78. The molecule has 33 heavy (non-hydrogen) atoms. The molecule has 2 aromatic carbocycles. The van der Waals surface area contributed by atoms with Crippen LogP contribution in [0, 0.1) is 0 Å². The van der Waals surface area contributed by atoms with E-state index in [0.717, 1.165) is 47.9 Å². The van der Waals surface area contributed by atoms with E-state index in [9.17, 15) is 14.7 Å². The summed E-state index contributed by atoms with van der Waals surface area (Å²) in [6.07, 6.45) is 5.15. The molecule has 0 amide bonds. The number of rotatable bonds is 9. The van der Waals surface area contributed by atoms with Gasteiger partial charge in [-0.2, -0.15) is 0 Å². The number of ether oxygens (including phenoxy) is 3. The van der Waals surface area contributed by atoms with Crippen LogP contribution in [-0.2, 0) is 22.4 Å². The smallest absolute Gasteiger partial charge is 0.309 e. The second-order valence-electron chi connectivity index (χ2n) is 8.41. The van der Waals surface area contributed by atoms with E-state index in [2.05, 4.69) is 15.9 Å². The number of carbonyl (C=O) groups excluding carboxylic acids is 2. The quantitative estimate of drug-likeness (QED) is 0.334. The summed E-state index contributed by atoms with van der Waals surface area (Å²) < 4.78 is 18.1. The molecule has 6 nitrogen and oxygen atoms in total. The lowest BCUT2D eigenvalue weighted by Gasteiger charge is -2.31. The van der Waals surface area contributed by atoms with Crippen LogP contribution in [0.4, 0.5) is 0 Å². The number of carbonyl (C=O) groups is 2. The SMILES string of the molecule is CCCc1c(O[C@H]2CCC[C@@H](Oc3ccc(CC(=O)OC)cc3Br)C2)ccc(C(C)=O)c1O. The summed E-state index contributed by atoms with van der Waals surface area (Å²) in [6, 6.07) is 9.03. The molecule has 0 saturated heterocycles. The number of halogens is 1. The van der Waals surface area contributed by atoms with E-state index in [1.165, 1.54) is 14.0 Å². The van der Waals surface area contributed by atoms with Gasteiger partial charge in [-0.05, 0) is 78.4 Å². The zero-order valence-corrected chi connectivity index (χ0v) is 20.9. The summed E-state index contributed by atoms with van der Waals surface area (Å²) in [5.41, 5.74) is 1.87. The lowest BCUT2D eigenvalue weighted by Crippen LogP contribution is -2.32. The van der Waals surface area contributed by atoms with E-state index in [-0.39, 0.29) is 36.1 Å². The molecule has 1 saturated carbocycles. The molecular formula is C26H31BrO6. The Labute approximate surface area is 203 Å². The summed E-state index contributed by atoms with van der Waals surface area (Å²) in [5.74, 6) is 0.947. The minimum absolute atomic E-state index is 0.00813. The number of benzene rings is 2. The molecule has 1 N–H and O–H groups in total. The van der Waals surface area contributed by atoms with Crippen LogP contribution in [0.3, 0.4) is 0 Å². The first-order valence-corrected chi connectivity index (χ1v) is 12.2. The Morgan fingerprint density at radius 3 is 2.36 bits per heavy atom. The van der Waals surface area contributed by atoms with Crippen molar-refractivity contribution < 1.29 is 28.9 Å². The Bertz CT molecular complexity index is 1000. The van der Waals surface area contributed by atoms with Gasteiger partial charge in [0.2, 0.25) is 0 Å². The van der Waals surface area contributed by atoms with Crippen molar-refractivity contribution in [3.05, 3.63) is 51.5 Å². The van der Waals surface area contributed by atoms with E-state index in [1.807, 2.05) is 25.1 Å². The molecule has 2 atom stereocenters. The summed E-state index contributed by atoms with van der Waals surface area (Å²) in [5, 5.41) is 10.6. The molecule has 0 unspecified atom stereocenters. The van der Waals surface area contributed by atoms with Crippen molar-refractivity contribution in [2.75, 3.05) is 7.11 Å². The molecule has 0 heterocycles. The van der Waals surface area contributed by atoms with Gasteiger partial charge in [0.25, 0.3) is 0 Å². The van der Waals surface area contributed by atoms with E-state index in [4.69, 9.17) is 14.2 Å². The van der Waals surface area contributed by atoms with Crippen molar-refractivity contribution in [3.8, 4) is 17.2 Å². The molecule has 1 aliphatic rings. The van der Waals surface area contributed by atoms with E-state index < -0.39 is 0 Å². The van der Waals surface area contributed by atoms with E-state index in [1.54, 1.807) is 12.1 Å². The van der Waals surface area contributed by atoms with Gasteiger partial charge in [0.1, 0.15) is 29.5 Å². The minimum Gasteiger partial charge on any atom is -0.507 e. The Kier molecular flexibility index (Phi) is 8.78. The second kappa shape index (κ2) is 11.5. The third kappa shape index (κ3) is 6.50. The Hall–Kier alpha value is -2.54. The topological polar surface area (TPSA) is 82.1 Å². The molecule has 2 aromatic rings. The van der Waals surface area contributed by atoms with Gasteiger partial charge in [-0.3, -0.25) is 9.59 Å². The third-order valence-electron chi connectivity index (χ3n) is 5.86. The van der Waals surface area contributed by atoms with Crippen LogP contribution in [0.15, 0.2) is 34.8 Å². The molecule has 1 aliphatic carbocycles. The molecule has 3 rings (SSSR count). The van der Waals surface area contributed by atoms with Gasteiger partial charge in [-0.25, -0.2) is 0 Å². The molecular weight excluding hydrogens is 488 g/mol. The number of ketones is 1. The van der Waals surface area contributed by atoms with Crippen LogP contribution in [0.1, 0.15) is 67.4 Å². The zero-order valence-electron chi connectivity index (χ0n) is 19.4. The number of hydrogen-bond acceptors (Lipinski definition) is 6. The number of methoxy groups -OCH3 is 1. The van der Waals surface area contributed by atoms with Gasteiger partial charge in [-0.15, -0.1) is 0 Å². The van der Waals surface area contributed by atoms with Crippen LogP contribution in [0.25, 0.3) is 0 Å². The maximum atomic E-state index is 11.8. The van der Waals surface area contributed by atoms with Crippen LogP contribution >= 0.6 is 15.9 Å². The maximum Gasteiger partial charge on any atom is 0.309 e. The Morgan fingerprint density at radius 1 is 1.09 bits per heavy atom. The first-order chi connectivity index (χ1) is 15.8. The lowest BCUT2D eigenvalue weighted by molar-refractivity contribution is -0.139. The zero-order chi connectivity index (χ0) is 24.0. The number of Topliss-reactive ketones (excluding diaryl/α,β-unsaturated/α-hetero) is 1. The number of phenolic OH excluding ortho intramolecular Hbond substituents is 1. The van der Waals surface area contributed by atoms with Gasteiger partial charge in [0.15, 0.2) is 5.78 Å². The van der Waals surface area contributed by atoms with Gasteiger partial charge in [0, 0.05) is 12.0 Å². The number of aromatic hydroxyl groups is 1. The monoisotopic (exact) mass is 518 g/mol. The fourth-order valence-electron chi connectivity index (χ4n) is 4.17. The number of phenols is 1. The van der Waals surface area contributed by atoms with Gasteiger partial charge < -0.3 is 19.3 Å². The fourth-order valence-corrected chi connectivity index (χ4v) is 4.69. The van der Waals surface area contributed by atoms with Crippen molar-refractivity contribution in [1.29, 1.82) is 0 Å².